The van der Waals surface area contributed by atoms with E-state index in [-0.39, 0.29) is 0 Å². The van der Waals surface area contributed by atoms with Gasteiger partial charge in [0.1, 0.15) is 12.0 Å². The monoisotopic (exact) mass is 364 g/mol. The highest BCUT2D eigenvalue weighted by Gasteiger charge is 2.23. The van der Waals surface area contributed by atoms with Gasteiger partial charge in [0.05, 0.1) is 18.5 Å². The van der Waals surface area contributed by atoms with Gasteiger partial charge in [0.2, 0.25) is 0 Å². The van der Waals surface area contributed by atoms with Crippen LogP contribution >= 0.6 is 0 Å². The minimum atomic E-state index is -0.818. The largest absolute Gasteiger partial charge is 0.398 e. The lowest BCUT2D eigenvalue weighted by Crippen LogP contribution is -2.21. The van der Waals surface area contributed by atoms with Crippen molar-refractivity contribution in [2.24, 2.45) is 7.05 Å². The van der Waals surface area contributed by atoms with E-state index in [9.17, 15) is 4.39 Å². The van der Waals surface area contributed by atoms with Crippen molar-refractivity contribution in [2.45, 2.75) is 12.6 Å². The number of pyridine rings is 1. The Bertz CT molecular complexity index is 996. The first-order valence-electron chi connectivity index (χ1n) is 8.84. The Labute approximate surface area is 157 Å². The fourth-order valence-electron chi connectivity index (χ4n) is 3.35. The number of nitrogens with zero attached hydrogens (tertiary/aromatic N) is 4. The first-order chi connectivity index (χ1) is 13.0. The Hall–Kier alpha value is -3.22. The van der Waals surface area contributed by atoms with Gasteiger partial charge < -0.3 is 10.6 Å². The molecule has 3 heterocycles. The van der Waals surface area contributed by atoms with E-state index in [4.69, 9.17) is 11.1 Å². The van der Waals surface area contributed by atoms with E-state index in [2.05, 4.69) is 10.1 Å². The molecule has 2 aromatic heterocycles. The number of aromatic nitrogens is 3. The van der Waals surface area contributed by atoms with Crippen LogP contribution in [0.3, 0.4) is 0 Å². The van der Waals surface area contributed by atoms with E-state index >= 15 is 0 Å². The number of benzene rings is 1. The van der Waals surface area contributed by atoms with Gasteiger partial charge in [-0.1, -0.05) is 6.07 Å². The molecule has 0 unspecified atom stereocenters. The maximum Gasteiger partial charge on any atom is 0.129 e. The molecule has 3 N–H and O–H groups in total. The first kappa shape index (κ1) is 17.2. The first-order valence-corrected chi connectivity index (χ1v) is 8.84. The standard InChI is InChI=1S/C20H21FN6/c1-26-11-15(10-25-26)13-2-3-18(22)17(8-13)20(23)14-4-6-24-19(9-14)27-7-5-16(21)12-27/h2-4,6,8-11,16,23H,5,7,12,22H2,1H3/t16-/m0/s1. The molecule has 4 rings (SSSR count). The second-order valence-electron chi connectivity index (χ2n) is 6.81. The highest BCUT2D eigenvalue weighted by Crippen LogP contribution is 2.27. The van der Waals surface area contributed by atoms with E-state index in [1.54, 1.807) is 23.1 Å². The van der Waals surface area contributed by atoms with Crippen LogP contribution in [-0.2, 0) is 7.05 Å². The maximum atomic E-state index is 13.5. The van der Waals surface area contributed by atoms with Crippen molar-refractivity contribution >= 4 is 17.2 Å². The van der Waals surface area contributed by atoms with Gasteiger partial charge in [-0.2, -0.15) is 5.10 Å². The summed E-state index contributed by atoms with van der Waals surface area (Å²) in [6.07, 6.45) is 5.06. The number of nitrogens with one attached hydrogen (secondary N) is 1. The molecule has 1 saturated heterocycles. The number of anilines is 2. The van der Waals surface area contributed by atoms with Crippen molar-refractivity contribution < 1.29 is 4.39 Å². The van der Waals surface area contributed by atoms with E-state index in [0.29, 0.717) is 47.9 Å². The van der Waals surface area contributed by atoms with Crippen molar-refractivity contribution in [1.82, 2.24) is 14.8 Å². The number of hydrogen-bond donors (Lipinski definition) is 2. The molecule has 27 heavy (non-hydrogen) atoms. The van der Waals surface area contributed by atoms with Crippen LogP contribution in [0.4, 0.5) is 15.9 Å². The molecule has 0 spiro atoms. The summed E-state index contributed by atoms with van der Waals surface area (Å²) in [7, 11) is 1.86. The lowest BCUT2D eigenvalue weighted by atomic mass is 9.97. The number of nitrogens with two attached hydrogens (primary N) is 1. The van der Waals surface area contributed by atoms with E-state index in [1.165, 1.54) is 0 Å². The Morgan fingerprint density at radius 2 is 2.11 bits per heavy atom. The Morgan fingerprint density at radius 1 is 1.26 bits per heavy atom. The highest BCUT2D eigenvalue weighted by atomic mass is 19.1. The zero-order valence-electron chi connectivity index (χ0n) is 15.1. The molecule has 0 aliphatic carbocycles. The minimum absolute atomic E-state index is 0.317. The molecule has 0 saturated carbocycles. The third kappa shape index (κ3) is 3.40. The highest BCUT2D eigenvalue weighted by molar-refractivity contribution is 6.14. The number of alkyl halides is 1. The van der Waals surface area contributed by atoms with Gasteiger partial charge in [-0.3, -0.25) is 10.1 Å². The average molecular weight is 364 g/mol. The number of rotatable bonds is 4. The average Bonchev–Trinajstić information content (AvgIpc) is 3.30. The molecule has 0 bridgehead atoms. The number of halogens is 1. The zero-order chi connectivity index (χ0) is 19.0. The van der Waals surface area contributed by atoms with E-state index in [0.717, 1.165) is 11.1 Å². The lowest BCUT2D eigenvalue weighted by molar-refractivity contribution is 0.364. The van der Waals surface area contributed by atoms with Crippen LogP contribution in [0.1, 0.15) is 17.5 Å². The molecule has 7 heteroatoms. The van der Waals surface area contributed by atoms with Crippen molar-refractivity contribution in [3.8, 4) is 11.1 Å². The third-order valence-corrected chi connectivity index (χ3v) is 4.85. The van der Waals surface area contributed by atoms with Crippen LogP contribution in [0, 0.1) is 5.41 Å². The third-order valence-electron chi connectivity index (χ3n) is 4.85. The predicted molar refractivity (Wildman–Crippen MR) is 105 cm³/mol. The molecule has 3 aromatic rings. The van der Waals surface area contributed by atoms with Crippen molar-refractivity contribution in [1.29, 1.82) is 5.41 Å². The topological polar surface area (TPSA) is 83.8 Å². The maximum absolute atomic E-state index is 13.5. The Morgan fingerprint density at radius 3 is 2.81 bits per heavy atom. The van der Waals surface area contributed by atoms with E-state index in [1.807, 2.05) is 42.4 Å². The Balaban J connectivity index is 1.66. The van der Waals surface area contributed by atoms with Crippen LogP contribution in [-0.4, -0.2) is 39.7 Å². The summed E-state index contributed by atoms with van der Waals surface area (Å²) in [4.78, 5) is 6.26. The fourth-order valence-corrected chi connectivity index (χ4v) is 3.35. The summed E-state index contributed by atoms with van der Waals surface area (Å²) < 4.78 is 15.2. The van der Waals surface area contributed by atoms with Gasteiger partial charge in [0.25, 0.3) is 0 Å². The Kier molecular flexibility index (Phi) is 4.35. The summed E-state index contributed by atoms with van der Waals surface area (Å²) in [6, 6.07) is 9.25. The normalized spacial score (nSPS) is 16.7. The predicted octanol–water partition coefficient (Wildman–Crippen LogP) is 3.03. The van der Waals surface area contributed by atoms with Gasteiger partial charge in [-0.25, -0.2) is 9.37 Å². The van der Waals surface area contributed by atoms with Gasteiger partial charge in [0.15, 0.2) is 0 Å². The number of aryl methyl sites for hydroxylation is 1. The zero-order valence-corrected chi connectivity index (χ0v) is 15.1. The van der Waals surface area contributed by atoms with Crippen molar-refractivity contribution in [2.75, 3.05) is 23.7 Å². The minimum Gasteiger partial charge on any atom is -0.398 e. The smallest absolute Gasteiger partial charge is 0.129 e. The quantitative estimate of drug-likeness (QED) is 0.551. The van der Waals surface area contributed by atoms with Crippen molar-refractivity contribution in [3.63, 3.8) is 0 Å². The summed E-state index contributed by atoms with van der Waals surface area (Å²) >= 11 is 0. The molecule has 1 aliphatic heterocycles. The molecule has 0 radical (unpaired) electrons. The molecule has 1 fully saturated rings. The summed E-state index contributed by atoms with van der Waals surface area (Å²) in [5.74, 6) is 0.694. The van der Waals surface area contributed by atoms with Crippen LogP contribution in [0.25, 0.3) is 11.1 Å². The van der Waals surface area contributed by atoms with Gasteiger partial charge >= 0.3 is 0 Å². The van der Waals surface area contributed by atoms with Gasteiger partial charge in [-0.15, -0.1) is 0 Å². The molecule has 1 aliphatic rings. The van der Waals surface area contributed by atoms with Crippen LogP contribution in [0.2, 0.25) is 0 Å². The molecule has 1 aromatic carbocycles. The lowest BCUT2D eigenvalue weighted by Gasteiger charge is -2.17. The second kappa shape index (κ2) is 6.83. The summed E-state index contributed by atoms with van der Waals surface area (Å²) in [5.41, 5.74) is 10.3. The molecule has 138 valence electrons. The number of nitrogen functional groups attached to an aromatic ring is 1. The summed E-state index contributed by atoms with van der Waals surface area (Å²) in [6.45, 7) is 0.992. The van der Waals surface area contributed by atoms with Crippen molar-refractivity contribution in [3.05, 3.63) is 60.0 Å². The van der Waals surface area contributed by atoms with Gasteiger partial charge in [0, 0.05) is 48.4 Å². The molecule has 1 atom stereocenters. The van der Waals surface area contributed by atoms with Crippen LogP contribution < -0.4 is 10.6 Å². The van der Waals surface area contributed by atoms with Crippen LogP contribution in [0.15, 0.2) is 48.9 Å². The fraction of sp³-hybridized carbons (Fsp3) is 0.250. The molecule has 6 nitrogen and oxygen atoms in total. The van der Waals surface area contributed by atoms with E-state index < -0.39 is 6.17 Å². The molecular formula is C20H21FN6. The second-order valence-corrected chi connectivity index (χ2v) is 6.81. The summed E-state index contributed by atoms with van der Waals surface area (Å²) in [5, 5.41) is 12.9. The molecule has 0 amide bonds. The van der Waals surface area contributed by atoms with Gasteiger partial charge in [-0.05, 0) is 36.2 Å². The number of hydrogen-bond acceptors (Lipinski definition) is 5. The van der Waals surface area contributed by atoms with Crippen LogP contribution in [0.5, 0.6) is 0 Å². The molecular weight excluding hydrogens is 343 g/mol. The SMILES string of the molecule is Cn1cc(-c2ccc(N)c(C(=N)c3ccnc(N4CC[C@H](F)C4)c3)c2)cn1.